The first-order chi connectivity index (χ1) is 22.6. The van der Waals surface area contributed by atoms with Crippen molar-refractivity contribution in [3.8, 4) is 5.75 Å². The molecule has 0 bridgehead atoms. The van der Waals surface area contributed by atoms with Gasteiger partial charge in [0, 0.05) is 5.92 Å². The van der Waals surface area contributed by atoms with Gasteiger partial charge >= 0.3 is 0 Å². The number of allylic oxidation sites excluding steroid dienone is 2. The van der Waals surface area contributed by atoms with Crippen molar-refractivity contribution in [2.45, 2.75) is 35.1 Å². The number of phenolic OH excluding ortho intramolecular Hbond substituents is 1. The van der Waals surface area contributed by atoms with Gasteiger partial charge in [-0.1, -0.05) is 48.0 Å². The third-order valence-electron chi connectivity index (χ3n) is 9.80. The Morgan fingerprint density at radius 2 is 1.42 bits per heavy atom. The Kier molecular flexibility index (Phi) is 7.26. The summed E-state index contributed by atoms with van der Waals surface area (Å²) in [4.78, 5) is 51.1. The Bertz CT molecular complexity index is 1980. The number of hydrogen-bond acceptors (Lipinski definition) is 5. The minimum atomic E-state index is -2.79. The summed E-state index contributed by atoms with van der Waals surface area (Å²) in [6.07, 6.45) is 0.754. The molecule has 7 nitrogen and oxygen atoms in total. The molecule has 6 atom stereocenters. The summed E-state index contributed by atoms with van der Waals surface area (Å²) in [5.74, 6) is -23.9. The molecule has 248 valence electrons. The zero-order valence-electron chi connectivity index (χ0n) is 24.1. The second-order valence-electron chi connectivity index (χ2n) is 12.2. The molecule has 3 fully saturated rings. The molecule has 0 radical (unpaired) electrons. The largest absolute Gasteiger partial charge is 0.505 e. The van der Waals surface area contributed by atoms with Crippen LogP contribution in [0.3, 0.4) is 0 Å². The first kappa shape index (κ1) is 32.2. The highest BCUT2D eigenvalue weighted by atomic mass is 35.5. The van der Waals surface area contributed by atoms with Crippen molar-refractivity contribution in [1.29, 1.82) is 0 Å². The van der Waals surface area contributed by atoms with Crippen molar-refractivity contribution in [3.05, 3.63) is 106 Å². The van der Waals surface area contributed by atoms with Gasteiger partial charge in [0.05, 0.1) is 18.4 Å². The highest BCUT2D eigenvalue weighted by molar-refractivity contribution is 6.58. The van der Waals surface area contributed by atoms with Crippen LogP contribution in [0.25, 0.3) is 0 Å². The average molecular weight is 709 g/mol. The van der Waals surface area contributed by atoms with Crippen molar-refractivity contribution in [2.24, 2.45) is 17.8 Å². The third-order valence-corrected chi connectivity index (χ3v) is 11.2. The van der Waals surface area contributed by atoms with E-state index in [1.54, 1.807) is 30.3 Å². The van der Waals surface area contributed by atoms with Gasteiger partial charge in [-0.2, -0.15) is 0 Å². The molecular formula is C33H20Cl2F6N2O5. The van der Waals surface area contributed by atoms with E-state index in [1.165, 1.54) is 6.08 Å². The lowest BCUT2D eigenvalue weighted by molar-refractivity contribution is -0.141. The Morgan fingerprint density at radius 1 is 0.792 bits per heavy atom. The highest BCUT2D eigenvalue weighted by Gasteiger charge is 2.77. The van der Waals surface area contributed by atoms with E-state index in [2.05, 4.69) is 0 Å². The predicted molar refractivity (Wildman–Crippen MR) is 156 cm³/mol. The molecule has 2 aliphatic heterocycles. The number of rotatable bonds is 4. The minimum absolute atomic E-state index is 0.0603. The maximum Gasteiger partial charge on any atom is 0.258 e. The molecule has 1 saturated carbocycles. The monoisotopic (exact) mass is 708 g/mol. The van der Waals surface area contributed by atoms with Crippen LogP contribution < -0.4 is 4.90 Å². The van der Waals surface area contributed by atoms with E-state index < -0.39 is 110 Å². The zero-order chi connectivity index (χ0) is 34.6. The van der Waals surface area contributed by atoms with E-state index in [1.807, 2.05) is 0 Å². The number of alkyl halides is 2. The zero-order valence-corrected chi connectivity index (χ0v) is 25.6. The van der Waals surface area contributed by atoms with Gasteiger partial charge in [-0.05, 0) is 42.0 Å². The summed E-state index contributed by atoms with van der Waals surface area (Å²) < 4.78 is 87.6. The number of likely N-dealkylation sites (tertiary alicyclic amines) is 1. The minimum Gasteiger partial charge on any atom is -0.505 e. The van der Waals surface area contributed by atoms with E-state index in [0.717, 1.165) is 23.1 Å². The second-order valence-corrected chi connectivity index (χ2v) is 13.4. The van der Waals surface area contributed by atoms with Crippen LogP contribution in [0, 0.1) is 52.7 Å². The quantitative estimate of drug-likeness (QED) is 0.0898. The van der Waals surface area contributed by atoms with Crippen molar-refractivity contribution in [3.63, 3.8) is 0 Å². The van der Waals surface area contributed by atoms with Crippen molar-refractivity contribution >= 4 is 52.5 Å². The fourth-order valence-electron chi connectivity index (χ4n) is 7.63. The van der Waals surface area contributed by atoms with Crippen LogP contribution in [0.4, 0.5) is 32.0 Å². The van der Waals surface area contributed by atoms with Gasteiger partial charge in [0.25, 0.3) is 11.8 Å². The first-order valence-corrected chi connectivity index (χ1v) is 15.3. The van der Waals surface area contributed by atoms with Crippen molar-refractivity contribution in [1.82, 2.24) is 4.90 Å². The molecule has 1 N–H and O–H groups in total. The molecule has 0 spiro atoms. The van der Waals surface area contributed by atoms with Crippen LogP contribution in [0.1, 0.15) is 29.9 Å². The molecule has 3 aromatic carbocycles. The predicted octanol–water partition coefficient (Wildman–Crippen LogP) is 5.99. The molecule has 4 aliphatic rings. The molecule has 3 aromatic rings. The topological polar surface area (TPSA) is 95.0 Å². The van der Waals surface area contributed by atoms with E-state index in [9.17, 15) is 41.8 Å². The van der Waals surface area contributed by atoms with E-state index in [4.69, 9.17) is 23.2 Å². The summed E-state index contributed by atoms with van der Waals surface area (Å²) in [6.45, 7) is -0.0862. The standard InChI is InChI=1S/C33H20Cl2F6N2O5/c34-32-11-17-15(7-8-16-20(17)29(46)42(28(16)45)12-13-4-2-1-3-5-13)21(14-6-9-19(44)18(36)10-14)33(32,35)31(48)43(30(32)47)27-25(40)23(38)22(37)24(39)26(27)41/h1-7,9-10,16-17,20-21,44H,8,11-12H2. The number of imide groups is 2. The summed E-state index contributed by atoms with van der Waals surface area (Å²) in [7, 11) is 0. The van der Waals surface area contributed by atoms with Gasteiger partial charge in [0.2, 0.25) is 17.6 Å². The molecule has 2 aliphatic carbocycles. The van der Waals surface area contributed by atoms with Gasteiger partial charge in [-0.3, -0.25) is 24.1 Å². The molecule has 7 rings (SSSR count). The number of amides is 4. The Balaban J connectivity index is 1.41. The lowest BCUT2D eigenvalue weighted by atomic mass is 9.56. The number of fused-ring (bicyclic) bond motifs is 4. The van der Waals surface area contributed by atoms with Gasteiger partial charge in [0.1, 0.15) is 5.69 Å². The Morgan fingerprint density at radius 3 is 2.04 bits per heavy atom. The fraction of sp³-hybridized carbons (Fsp3) is 0.273. The molecule has 15 heteroatoms. The van der Waals surface area contributed by atoms with Crippen LogP contribution in [0.15, 0.2) is 60.2 Å². The number of halogens is 8. The Labute approximate surface area is 277 Å². The molecule has 2 heterocycles. The molecule has 4 amide bonds. The van der Waals surface area contributed by atoms with Crippen molar-refractivity contribution < 1.29 is 50.6 Å². The van der Waals surface area contributed by atoms with Crippen LogP contribution in [0.5, 0.6) is 5.75 Å². The van der Waals surface area contributed by atoms with Crippen LogP contribution in [-0.2, 0) is 25.7 Å². The lowest BCUT2D eigenvalue weighted by Gasteiger charge is -2.50. The highest BCUT2D eigenvalue weighted by Crippen LogP contribution is 2.66. The van der Waals surface area contributed by atoms with E-state index >= 15 is 8.78 Å². The molecule has 0 aromatic heterocycles. The maximum absolute atomic E-state index is 15.1. The van der Waals surface area contributed by atoms with Gasteiger partial charge in [-0.25, -0.2) is 31.2 Å². The lowest BCUT2D eigenvalue weighted by Crippen LogP contribution is -2.60. The maximum atomic E-state index is 15.1. The number of carbonyl (C=O) groups excluding carboxylic acids is 4. The normalized spacial score (nSPS) is 29.6. The van der Waals surface area contributed by atoms with Crippen molar-refractivity contribution in [2.75, 3.05) is 4.90 Å². The van der Waals surface area contributed by atoms with E-state index in [0.29, 0.717) is 5.56 Å². The third kappa shape index (κ3) is 4.09. The number of benzene rings is 3. The summed E-state index contributed by atoms with van der Waals surface area (Å²) >= 11 is 14.0. The fourth-order valence-corrected chi connectivity index (χ4v) is 8.57. The number of nitrogens with zero attached hydrogens (tertiary/aromatic N) is 2. The van der Waals surface area contributed by atoms with Crippen LogP contribution in [0.2, 0.25) is 0 Å². The SMILES string of the molecule is O=C1C2CC=C3C(CC4(Cl)C(=O)N(c5c(F)c(F)c(F)c(F)c5F)C(=O)C4(Cl)C3c3ccc(O)c(F)c3)C2C(=O)N1Cc1ccccc1. The summed E-state index contributed by atoms with van der Waals surface area (Å²) in [6, 6.07) is 11.4. The smallest absolute Gasteiger partial charge is 0.258 e. The van der Waals surface area contributed by atoms with Gasteiger partial charge in [0.15, 0.2) is 44.6 Å². The number of aromatic hydroxyl groups is 1. The number of phenols is 1. The van der Waals surface area contributed by atoms with Crippen LogP contribution in [-0.4, -0.2) is 43.4 Å². The molecular weight excluding hydrogens is 689 g/mol. The molecule has 48 heavy (non-hydrogen) atoms. The number of anilines is 1. The molecule has 2 saturated heterocycles. The number of hydrogen-bond donors (Lipinski definition) is 1. The molecule has 6 unspecified atom stereocenters. The Hall–Kier alpha value is -4.36. The first-order valence-electron chi connectivity index (χ1n) is 14.5. The number of carbonyl (C=O) groups is 4. The summed E-state index contributed by atoms with van der Waals surface area (Å²) in [5, 5.41) is 9.88. The van der Waals surface area contributed by atoms with E-state index in [-0.39, 0.29) is 29.0 Å². The summed E-state index contributed by atoms with van der Waals surface area (Å²) in [5.41, 5.74) is -1.29. The van der Waals surface area contributed by atoms with Gasteiger partial charge < -0.3 is 5.11 Å². The average Bonchev–Trinajstić information content (AvgIpc) is 3.39. The van der Waals surface area contributed by atoms with Crippen LogP contribution >= 0.6 is 23.2 Å². The second kappa shape index (κ2) is 10.8. The van der Waals surface area contributed by atoms with Gasteiger partial charge in [-0.15, -0.1) is 23.2 Å².